The van der Waals surface area contributed by atoms with Crippen molar-refractivity contribution in [2.75, 3.05) is 0 Å². The molecule has 5 rings (SSSR count). The molecule has 268 valence electrons. The Balaban J connectivity index is 1.58. The summed E-state index contributed by atoms with van der Waals surface area (Å²) in [5, 5.41) is 55.0. The molecule has 1 aromatic rings. The van der Waals surface area contributed by atoms with E-state index in [-0.39, 0.29) is 49.1 Å². The lowest BCUT2D eigenvalue weighted by molar-refractivity contribution is -0.151. The van der Waals surface area contributed by atoms with E-state index in [9.17, 15) is 44.7 Å². The van der Waals surface area contributed by atoms with Crippen LogP contribution in [0.1, 0.15) is 92.6 Å². The third-order valence-corrected chi connectivity index (χ3v) is 13.6. The number of carboxylic acid groups (broad SMARTS) is 1. The molecule has 0 aliphatic heterocycles. The molecule has 0 aromatic heterocycles. The van der Waals surface area contributed by atoms with Crippen molar-refractivity contribution < 1.29 is 44.7 Å². The number of hydrogen-bond acceptors (Lipinski definition) is 8. The van der Waals surface area contributed by atoms with Crippen LogP contribution in [0.15, 0.2) is 47.6 Å². The number of carboxylic acids is 1. The lowest BCUT2D eigenvalue weighted by atomic mass is 9.40. The van der Waals surface area contributed by atoms with Crippen molar-refractivity contribution in [3.8, 4) is 0 Å². The summed E-state index contributed by atoms with van der Waals surface area (Å²) in [4.78, 5) is 53.0. The van der Waals surface area contributed by atoms with Gasteiger partial charge < -0.3 is 25.5 Å². The third kappa shape index (κ3) is 5.78. The van der Waals surface area contributed by atoms with Gasteiger partial charge in [0.2, 0.25) is 0 Å². The molecule has 2 fully saturated rings. The molecule has 0 amide bonds. The normalized spacial score (nSPS) is 38.0. The van der Waals surface area contributed by atoms with Crippen molar-refractivity contribution in [2.45, 2.75) is 111 Å². The van der Waals surface area contributed by atoms with Crippen molar-refractivity contribution in [2.24, 2.45) is 51.2 Å². The number of ketones is 3. The van der Waals surface area contributed by atoms with Gasteiger partial charge in [-0.3, -0.25) is 19.2 Å². The predicted octanol–water partition coefficient (Wildman–Crippen LogP) is 4.79. The topological polar surface area (TPSA) is 169 Å². The Kier molecular flexibility index (Phi) is 9.87. The number of fused-ring (bicyclic) bond motifs is 4. The van der Waals surface area contributed by atoms with Crippen molar-refractivity contribution in [3.63, 3.8) is 0 Å². The highest BCUT2D eigenvalue weighted by Gasteiger charge is 2.71. The number of carbonyl (C=O) groups excluding carboxylic acids is 3. The van der Waals surface area contributed by atoms with E-state index in [1.54, 1.807) is 0 Å². The summed E-state index contributed by atoms with van der Waals surface area (Å²) in [6, 6.07) is 9.71. The molecular weight excluding hydrogens is 624 g/mol. The number of rotatable bonds is 10. The zero-order valence-electron chi connectivity index (χ0n) is 29.8. The van der Waals surface area contributed by atoms with Crippen LogP contribution >= 0.6 is 0 Å². The Labute approximate surface area is 289 Å². The first kappa shape index (κ1) is 37.3. The standard InChI is InChI=1S/C40H54O9/c1-21(17-27(42)33(46)25(36(48)49)18-22(2)41)26-19-30(45)40(7)32-31(28(43)20-39(26,40)6)38(5)16-15-29(44)37(3,4)35(38)24(34(32)47)14-13-23-11-9-8-10-12-23/h8-14,21-22,24-27,30,34-35,41-42,45,47H,15-20H2,1-7H3,(H,48,49). The summed E-state index contributed by atoms with van der Waals surface area (Å²) in [5.41, 5.74) is -1.45. The minimum atomic E-state index is -1.61. The number of allylic oxidation sites excluding steroid dienone is 1. The zero-order valence-corrected chi connectivity index (χ0v) is 29.8. The van der Waals surface area contributed by atoms with Crippen LogP contribution in [0.2, 0.25) is 0 Å². The van der Waals surface area contributed by atoms with Crippen LogP contribution in [-0.4, -0.2) is 73.3 Å². The largest absolute Gasteiger partial charge is 0.481 e. The fourth-order valence-corrected chi connectivity index (χ4v) is 11.0. The van der Waals surface area contributed by atoms with Gasteiger partial charge in [0.05, 0.1) is 18.3 Å². The first-order chi connectivity index (χ1) is 22.7. The summed E-state index contributed by atoms with van der Waals surface area (Å²) in [7, 11) is 0. The van der Waals surface area contributed by atoms with Crippen molar-refractivity contribution in [1.82, 2.24) is 0 Å². The molecule has 9 heteroatoms. The van der Waals surface area contributed by atoms with Crippen LogP contribution < -0.4 is 0 Å². The summed E-state index contributed by atoms with van der Waals surface area (Å²) >= 11 is 0. The van der Waals surface area contributed by atoms with E-state index in [1.807, 2.05) is 77.1 Å². The van der Waals surface area contributed by atoms with Gasteiger partial charge in [-0.15, -0.1) is 0 Å². The van der Waals surface area contributed by atoms with Crippen LogP contribution in [0.25, 0.3) is 6.08 Å². The molecule has 0 saturated heterocycles. The molecule has 0 bridgehead atoms. The van der Waals surface area contributed by atoms with Crippen molar-refractivity contribution in [3.05, 3.63) is 53.1 Å². The Bertz CT molecular complexity index is 1560. The molecule has 12 unspecified atom stereocenters. The molecular formula is C40H54O9. The lowest BCUT2D eigenvalue weighted by Gasteiger charge is -2.63. The van der Waals surface area contributed by atoms with E-state index in [4.69, 9.17) is 0 Å². The van der Waals surface area contributed by atoms with Gasteiger partial charge in [0.25, 0.3) is 0 Å². The van der Waals surface area contributed by atoms with E-state index in [0.29, 0.717) is 24.0 Å². The third-order valence-electron chi connectivity index (χ3n) is 13.6. The average molecular weight is 679 g/mol. The van der Waals surface area contributed by atoms with Gasteiger partial charge >= 0.3 is 5.97 Å². The second-order valence-corrected chi connectivity index (χ2v) is 16.8. The summed E-state index contributed by atoms with van der Waals surface area (Å²) in [6.45, 7) is 13.0. The minimum Gasteiger partial charge on any atom is -0.481 e. The van der Waals surface area contributed by atoms with Crippen molar-refractivity contribution >= 4 is 29.4 Å². The quantitative estimate of drug-likeness (QED) is 0.218. The van der Waals surface area contributed by atoms with Gasteiger partial charge in [0, 0.05) is 40.6 Å². The predicted molar refractivity (Wildman–Crippen MR) is 184 cm³/mol. The highest BCUT2D eigenvalue weighted by molar-refractivity contribution is 6.01. The molecule has 0 radical (unpaired) electrons. The zero-order chi connectivity index (χ0) is 36.4. The molecule has 5 N–H and O–H groups in total. The van der Waals surface area contributed by atoms with Gasteiger partial charge in [-0.05, 0) is 66.9 Å². The molecule has 12 atom stereocenters. The minimum absolute atomic E-state index is 0.0767. The molecule has 0 spiro atoms. The van der Waals surface area contributed by atoms with E-state index in [1.165, 1.54) is 6.92 Å². The van der Waals surface area contributed by atoms with E-state index in [2.05, 4.69) is 6.92 Å². The number of carbonyl (C=O) groups is 4. The molecule has 4 aliphatic rings. The maximum absolute atomic E-state index is 14.6. The molecule has 4 aliphatic carbocycles. The van der Waals surface area contributed by atoms with Gasteiger partial charge in [0.15, 0.2) is 11.6 Å². The second kappa shape index (κ2) is 13.0. The number of aliphatic hydroxyl groups excluding tert-OH is 4. The fourth-order valence-electron chi connectivity index (χ4n) is 11.0. The number of benzene rings is 1. The van der Waals surface area contributed by atoms with Gasteiger partial charge in [-0.25, -0.2) is 0 Å². The monoisotopic (exact) mass is 678 g/mol. The van der Waals surface area contributed by atoms with Crippen LogP contribution in [0.3, 0.4) is 0 Å². The molecule has 9 nitrogen and oxygen atoms in total. The van der Waals surface area contributed by atoms with Crippen molar-refractivity contribution in [1.29, 1.82) is 0 Å². The lowest BCUT2D eigenvalue weighted by Crippen LogP contribution is -2.63. The first-order valence-corrected chi connectivity index (χ1v) is 17.8. The smallest absolute Gasteiger partial charge is 0.314 e. The maximum atomic E-state index is 14.6. The Hall–Kier alpha value is -2.98. The van der Waals surface area contributed by atoms with E-state index < -0.39 is 75.6 Å². The summed E-state index contributed by atoms with van der Waals surface area (Å²) in [6.07, 6.45) is -0.101. The number of aliphatic carboxylic acids is 1. The average Bonchev–Trinajstić information content (AvgIpc) is 3.23. The Morgan fingerprint density at radius 1 is 0.980 bits per heavy atom. The SMILES string of the molecule is CC(O)CC(C(=O)O)C(=O)C(O)CC(C)C1CC(O)C2(C)C3=C(C(=O)CC12C)C1(C)CCC(=O)C(C)(C)C1C(C=Cc1ccccc1)C3O. The van der Waals surface area contributed by atoms with Crippen LogP contribution in [-0.2, 0) is 19.2 Å². The highest BCUT2D eigenvalue weighted by atomic mass is 16.4. The van der Waals surface area contributed by atoms with Gasteiger partial charge in [-0.2, -0.15) is 0 Å². The summed E-state index contributed by atoms with van der Waals surface area (Å²) < 4.78 is 0. The second-order valence-electron chi connectivity index (χ2n) is 16.8. The van der Waals surface area contributed by atoms with Gasteiger partial charge in [-0.1, -0.05) is 84.0 Å². The fraction of sp³-hybridized carbons (Fsp3) is 0.650. The maximum Gasteiger partial charge on any atom is 0.314 e. The Morgan fingerprint density at radius 2 is 1.61 bits per heavy atom. The molecule has 1 aromatic carbocycles. The number of aliphatic hydroxyl groups is 4. The van der Waals surface area contributed by atoms with Crippen LogP contribution in [0, 0.1) is 51.2 Å². The summed E-state index contributed by atoms with van der Waals surface area (Å²) in [5.74, 6) is -5.50. The molecule has 49 heavy (non-hydrogen) atoms. The number of Topliss-reactive ketones (excluding diaryl/α,β-unsaturated/α-hetero) is 3. The van der Waals surface area contributed by atoms with E-state index in [0.717, 1.165) is 5.56 Å². The van der Waals surface area contributed by atoms with Crippen LogP contribution in [0.5, 0.6) is 0 Å². The van der Waals surface area contributed by atoms with Crippen LogP contribution in [0.4, 0.5) is 0 Å². The van der Waals surface area contributed by atoms with E-state index >= 15 is 0 Å². The molecule has 0 heterocycles. The Morgan fingerprint density at radius 3 is 2.20 bits per heavy atom. The first-order valence-electron chi connectivity index (χ1n) is 17.8. The number of hydrogen-bond donors (Lipinski definition) is 5. The van der Waals surface area contributed by atoms with Gasteiger partial charge in [0.1, 0.15) is 17.8 Å². The molecule has 2 saturated carbocycles. The highest BCUT2D eigenvalue weighted by Crippen LogP contribution is 2.72.